The molecule has 0 atom stereocenters. The van der Waals surface area contributed by atoms with Gasteiger partial charge < -0.3 is 15.3 Å². The molecule has 1 fully saturated rings. The van der Waals surface area contributed by atoms with Crippen LogP contribution >= 0.6 is 0 Å². The molecule has 1 amide bonds. The van der Waals surface area contributed by atoms with Crippen LogP contribution < -0.4 is 10.2 Å². The van der Waals surface area contributed by atoms with Gasteiger partial charge in [0, 0.05) is 13.1 Å². The zero-order valence-electron chi connectivity index (χ0n) is 10.3. The van der Waals surface area contributed by atoms with Crippen LogP contribution in [0.5, 0.6) is 0 Å². The van der Waals surface area contributed by atoms with E-state index in [0.717, 1.165) is 12.0 Å². The number of rotatable bonds is 2. The number of nitrogens with zero attached hydrogens (tertiary/aromatic N) is 1. The van der Waals surface area contributed by atoms with Gasteiger partial charge in [-0.25, -0.2) is 4.79 Å². The summed E-state index contributed by atoms with van der Waals surface area (Å²) in [6.45, 7) is 3.45. The molecule has 1 aliphatic rings. The van der Waals surface area contributed by atoms with Crippen molar-refractivity contribution in [2.45, 2.75) is 13.3 Å². The van der Waals surface area contributed by atoms with Gasteiger partial charge in [-0.2, -0.15) is 0 Å². The molecule has 2 N–H and O–H groups in total. The van der Waals surface area contributed by atoms with E-state index in [-0.39, 0.29) is 18.0 Å². The van der Waals surface area contributed by atoms with E-state index in [9.17, 15) is 14.7 Å². The molecule has 1 aromatic carbocycles. The Bertz CT molecular complexity index is 485. The maximum Gasteiger partial charge on any atom is 0.337 e. The Hall–Kier alpha value is -2.04. The van der Waals surface area contributed by atoms with Gasteiger partial charge in [0.05, 0.1) is 17.8 Å². The van der Waals surface area contributed by atoms with Gasteiger partial charge in [0.25, 0.3) is 0 Å². The second-order valence-corrected chi connectivity index (χ2v) is 4.45. The molecule has 0 unspecified atom stereocenters. The first-order chi connectivity index (χ1) is 8.58. The van der Waals surface area contributed by atoms with Crippen LogP contribution in [0.25, 0.3) is 0 Å². The summed E-state index contributed by atoms with van der Waals surface area (Å²) in [5.74, 6) is -1.03. The molecule has 1 aliphatic heterocycles. The Balaban J connectivity index is 2.38. The van der Waals surface area contributed by atoms with Crippen LogP contribution in [0.1, 0.15) is 22.3 Å². The van der Waals surface area contributed by atoms with E-state index in [1.807, 2.05) is 17.9 Å². The standard InChI is InChI=1S/C13H16N2O3/c1-9-3-4-10(13(17)18)11(7-9)15-6-2-5-14-12(16)8-15/h3-4,7H,2,5-6,8H2,1H3,(H,14,16)(H,17,18). The summed E-state index contributed by atoms with van der Waals surface area (Å²) >= 11 is 0. The van der Waals surface area contributed by atoms with E-state index >= 15 is 0 Å². The van der Waals surface area contributed by atoms with Gasteiger partial charge in [0.15, 0.2) is 0 Å². The van der Waals surface area contributed by atoms with Gasteiger partial charge in [-0.1, -0.05) is 6.07 Å². The molecular formula is C13H16N2O3. The van der Waals surface area contributed by atoms with E-state index in [2.05, 4.69) is 5.32 Å². The average molecular weight is 248 g/mol. The summed E-state index contributed by atoms with van der Waals surface area (Å²) < 4.78 is 0. The van der Waals surface area contributed by atoms with Gasteiger partial charge in [0.1, 0.15) is 0 Å². The smallest absolute Gasteiger partial charge is 0.337 e. The molecule has 0 aromatic heterocycles. The van der Waals surface area contributed by atoms with Crippen LogP contribution in [0.4, 0.5) is 5.69 Å². The Morgan fingerprint density at radius 3 is 2.94 bits per heavy atom. The Morgan fingerprint density at radius 1 is 1.44 bits per heavy atom. The fourth-order valence-corrected chi connectivity index (χ4v) is 2.10. The van der Waals surface area contributed by atoms with Crippen molar-refractivity contribution in [2.75, 3.05) is 24.5 Å². The Kier molecular flexibility index (Phi) is 3.50. The van der Waals surface area contributed by atoms with E-state index in [1.165, 1.54) is 0 Å². The third kappa shape index (κ3) is 2.61. The van der Waals surface area contributed by atoms with Crippen LogP contribution in [-0.2, 0) is 4.79 Å². The highest BCUT2D eigenvalue weighted by Gasteiger charge is 2.20. The number of anilines is 1. The topological polar surface area (TPSA) is 69.6 Å². The summed E-state index contributed by atoms with van der Waals surface area (Å²) in [7, 11) is 0. The molecule has 18 heavy (non-hydrogen) atoms. The number of aryl methyl sites for hydroxylation is 1. The minimum atomic E-state index is -0.963. The van der Waals surface area contributed by atoms with Crippen molar-refractivity contribution < 1.29 is 14.7 Å². The highest BCUT2D eigenvalue weighted by atomic mass is 16.4. The highest BCUT2D eigenvalue weighted by molar-refractivity contribution is 5.95. The molecule has 1 aromatic rings. The molecule has 1 heterocycles. The van der Waals surface area contributed by atoms with E-state index in [0.29, 0.717) is 18.8 Å². The number of carboxylic acids is 1. The van der Waals surface area contributed by atoms with E-state index < -0.39 is 5.97 Å². The van der Waals surface area contributed by atoms with Gasteiger partial charge in [-0.3, -0.25) is 4.79 Å². The lowest BCUT2D eigenvalue weighted by Gasteiger charge is -2.23. The van der Waals surface area contributed by atoms with E-state index in [4.69, 9.17) is 0 Å². The zero-order valence-corrected chi connectivity index (χ0v) is 10.3. The maximum absolute atomic E-state index is 11.5. The molecule has 1 saturated heterocycles. The number of nitrogens with one attached hydrogen (secondary N) is 1. The van der Waals surface area contributed by atoms with Crippen LogP contribution in [-0.4, -0.2) is 36.6 Å². The van der Waals surface area contributed by atoms with E-state index in [1.54, 1.807) is 12.1 Å². The third-order valence-electron chi connectivity index (χ3n) is 2.99. The lowest BCUT2D eigenvalue weighted by Crippen LogP contribution is -2.33. The van der Waals surface area contributed by atoms with Crippen molar-refractivity contribution in [3.63, 3.8) is 0 Å². The van der Waals surface area contributed by atoms with Gasteiger partial charge in [0.2, 0.25) is 5.91 Å². The van der Waals surface area contributed by atoms with Crippen LogP contribution in [0.15, 0.2) is 18.2 Å². The summed E-state index contributed by atoms with van der Waals surface area (Å²) in [6, 6.07) is 5.18. The Morgan fingerprint density at radius 2 is 2.22 bits per heavy atom. The first-order valence-electron chi connectivity index (χ1n) is 5.93. The molecule has 0 saturated carbocycles. The van der Waals surface area contributed by atoms with Crippen molar-refractivity contribution in [3.05, 3.63) is 29.3 Å². The normalized spacial score (nSPS) is 16.1. The predicted molar refractivity (Wildman–Crippen MR) is 68.0 cm³/mol. The average Bonchev–Trinajstić information content (AvgIpc) is 2.53. The van der Waals surface area contributed by atoms with Crippen molar-refractivity contribution in [3.8, 4) is 0 Å². The minimum absolute atomic E-state index is 0.0645. The summed E-state index contributed by atoms with van der Waals surface area (Å²) in [5.41, 5.74) is 1.86. The van der Waals surface area contributed by atoms with Gasteiger partial charge in [-0.05, 0) is 31.0 Å². The second kappa shape index (κ2) is 5.08. The number of hydrogen-bond donors (Lipinski definition) is 2. The number of amides is 1. The molecule has 0 aliphatic carbocycles. The highest BCUT2D eigenvalue weighted by Crippen LogP contribution is 2.23. The zero-order chi connectivity index (χ0) is 13.1. The van der Waals surface area contributed by atoms with Crippen molar-refractivity contribution >= 4 is 17.6 Å². The first kappa shape index (κ1) is 12.4. The molecule has 0 spiro atoms. The Labute approximate surface area is 105 Å². The predicted octanol–water partition coefficient (Wildman–Crippen LogP) is 1.02. The molecule has 2 rings (SSSR count). The molecule has 0 bridgehead atoms. The maximum atomic E-state index is 11.5. The van der Waals surface area contributed by atoms with Crippen LogP contribution in [0.3, 0.4) is 0 Å². The second-order valence-electron chi connectivity index (χ2n) is 4.45. The van der Waals surface area contributed by atoms with Gasteiger partial charge in [-0.15, -0.1) is 0 Å². The molecule has 5 heteroatoms. The van der Waals surface area contributed by atoms with Crippen molar-refractivity contribution in [1.29, 1.82) is 0 Å². The number of carbonyl (C=O) groups is 2. The monoisotopic (exact) mass is 248 g/mol. The summed E-state index contributed by atoms with van der Waals surface area (Å²) in [5, 5.41) is 12.0. The number of carboxylic acid groups (broad SMARTS) is 1. The fourth-order valence-electron chi connectivity index (χ4n) is 2.10. The molecule has 5 nitrogen and oxygen atoms in total. The number of benzene rings is 1. The van der Waals surface area contributed by atoms with Gasteiger partial charge >= 0.3 is 5.97 Å². The third-order valence-corrected chi connectivity index (χ3v) is 2.99. The first-order valence-corrected chi connectivity index (χ1v) is 5.93. The van der Waals surface area contributed by atoms with Crippen molar-refractivity contribution in [1.82, 2.24) is 5.32 Å². The largest absolute Gasteiger partial charge is 0.478 e. The summed E-state index contributed by atoms with van der Waals surface area (Å²) in [6.07, 6.45) is 0.818. The van der Waals surface area contributed by atoms with Crippen molar-refractivity contribution in [2.24, 2.45) is 0 Å². The fraction of sp³-hybridized carbons (Fsp3) is 0.385. The summed E-state index contributed by atoms with van der Waals surface area (Å²) in [4.78, 5) is 24.6. The quantitative estimate of drug-likeness (QED) is 0.819. The number of hydrogen-bond acceptors (Lipinski definition) is 3. The minimum Gasteiger partial charge on any atom is -0.478 e. The number of carbonyl (C=O) groups excluding carboxylic acids is 1. The molecule has 96 valence electrons. The lowest BCUT2D eigenvalue weighted by atomic mass is 10.1. The number of aromatic carboxylic acids is 1. The van der Waals surface area contributed by atoms with Crippen LogP contribution in [0.2, 0.25) is 0 Å². The molecule has 0 radical (unpaired) electrons. The molecular weight excluding hydrogens is 232 g/mol. The lowest BCUT2D eigenvalue weighted by molar-refractivity contribution is -0.119. The SMILES string of the molecule is Cc1ccc(C(=O)O)c(N2CCCNC(=O)C2)c1. The van der Waals surface area contributed by atoms with Crippen LogP contribution in [0, 0.1) is 6.92 Å².